The summed E-state index contributed by atoms with van der Waals surface area (Å²) in [6, 6.07) is 18.2. The fourth-order valence-corrected chi connectivity index (χ4v) is 5.00. The lowest BCUT2D eigenvalue weighted by molar-refractivity contribution is 0.0699. The number of rotatable bonds is 1. The van der Waals surface area contributed by atoms with E-state index in [1.807, 2.05) is 18.3 Å². The van der Waals surface area contributed by atoms with Gasteiger partial charge in [0.25, 0.3) is 0 Å². The molecule has 0 bridgehead atoms. The molecule has 2 aromatic carbocycles. The van der Waals surface area contributed by atoms with Gasteiger partial charge in [0.1, 0.15) is 0 Å². The molecule has 0 radical (unpaired) electrons. The number of hydrogen-bond donors (Lipinski definition) is 1. The van der Waals surface area contributed by atoms with Crippen molar-refractivity contribution >= 4 is 43.8 Å². The smallest absolute Gasteiger partial charge is 0.337 e. The second-order valence-corrected chi connectivity index (χ2v) is 8.86. The van der Waals surface area contributed by atoms with Gasteiger partial charge in [-0.3, -0.25) is 0 Å². The summed E-state index contributed by atoms with van der Waals surface area (Å²) in [6.45, 7) is 0. The Hall–Kier alpha value is -3.11. The third kappa shape index (κ3) is 3.72. The minimum Gasteiger partial charge on any atom is -0.478 e. The summed E-state index contributed by atoms with van der Waals surface area (Å²) in [4.78, 5) is 10.7. The van der Waals surface area contributed by atoms with Crippen molar-refractivity contribution in [1.82, 2.24) is 4.40 Å². The summed E-state index contributed by atoms with van der Waals surface area (Å²) in [5, 5.41) is 11.5. The van der Waals surface area contributed by atoms with Crippen molar-refractivity contribution in [2.24, 2.45) is 0 Å². The van der Waals surface area contributed by atoms with E-state index in [1.165, 1.54) is 57.6 Å². The summed E-state index contributed by atoms with van der Waals surface area (Å²) in [7, 11) is 0. The highest BCUT2D eigenvalue weighted by Crippen LogP contribution is 2.40. The average molecular weight is 472 g/mol. The van der Waals surface area contributed by atoms with Crippen LogP contribution in [-0.4, -0.2) is 15.5 Å². The Kier molecular flexibility index (Phi) is 5.24. The maximum absolute atomic E-state index is 10.7. The highest BCUT2D eigenvalue weighted by atomic mass is 79.9. The lowest BCUT2D eigenvalue weighted by Gasteiger charge is -2.25. The lowest BCUT2D eigenvalue weighted by Crippen LogP contribution is -2.06. The Bertz CT molecular complexity index is 1380. The Morgan fingerprint density at radius 3 is 2.71 bits per heavy atom. The van der Waals surface area contributed by atoms with E-state index in [2.05, 4.69) is 58.4 Å². The Balaban J connectivity index is 0.000000147. The number of allylic oxidation sites excluding steroid dienone is 4. The molecule has 0 fully saturated rings. The molecule has 2 heterocycles. The Morgan fingerprint density at radius 1 is 0.968 bits per heavy atom. The van der Waals surface area contributed by atoms with Crippen LogP contribution in [0.1, 0.15) is 40.7 Å². The van der Waals surface area contributed by atoms with Gasteiger partial charge in [-0.1, -0.05) is 57.9 Å². The number of hydrogen-bond acceptors (Lipinski definition) is 1. The Labute approximate surface area is 189 Å². The molecule has 3 nitrogen and oxygen atoms in total. The van der Waals surface area contributed by atoms with Gasteiger partial charge in [-0.15, -0.1) is 0 Å². The molecule has 154 valence electrons. The molecular formula is C27H22BrNO2. The summed E-state index contributed by atoms with van der Waals surface area (Å²) in [5.74, 6) is -0.885. The number of aryl methyl sites for hydroxylation is 1. The predicted molar refractivity (Wildman–Crippen MR) is 130 cm³/mol. The molecule has 0 unspecified atom stereocenters. The topological polar surface area (TPSA) is 41.7 Å². The van der Waals surface area contributed by atoms with Crippen LogP contribution in [-0.2, 0) is 6.42 Å². The first-order valence-electron chi connectivity index (χ1n) is 10.5. The number of pyridine rings is 1. The maximum atomic E-state index is 10.7. The SMILES string of the molecule is Brc1ccc2ccc3c(c2c1)CCC1=C3C=CCC1.O=C(O)c1ccn2ccccc12. The van der Waals surface area contributed by atoms with Crippen LogP contribution in [0.15, 0.2) is 89.2 Å². The molecule has 0 spiro atoms. The largest absolute Gasteiger partial charge is 0.478 e. The van der Waals surface area contributed by atoms with Crippen LogP contribution in [0.5, 0.6) is 0 Å². The van der Waals surface area contributed by atoms with Crippen LogP contribution >= 0.6 is 15.9 Å². The first-order valence-corrected chi connectivity index (χ1v) is 11.3. The third-order valence-corrected chi connectivity index (χ3v) is 6.63. The molecule has 1 N–H and O–H groups in total. The van der Waals surface area contributed by atoms with Crippen molar-refractivity contribution in [3.63, 3.8) is 0 Å². The number of benzene rings is 2. The van der Waals surface area contributed by atoms with Crippen molar-refractivity contribution in [3.05, 3.63) is 106 Å². The highest BCUT2D eigenvalue weighted by molar-refractivity contribution is 9.10. The molecular weight excluding hydrogens is 450 g/mol. The van der Waals surface area contributed by atoms with Crippen molar-refractivity contribution in [1.29, 1.82) is 0 Å². The molecule has 31 heavy (non-hydrogen) atoms. The number of fused-ring (bicyclic) bond motifs is 5. The zero-order valence-corrected chi connectivity index (χ0v) is 18.6. The van der Waals surface area contributed by atoms with E-state index in [-0.39, 0.29) is 0 Å². The van der Waals surface area contributed by atoms with E-state index in [4.69, 9.17) is 5.11 Å². The normalized spacial score (nSPS) is 14.7. The van der Waals surface area contributed by atoms with Gasteiger partial charge in [0.15, 0.2) is 0 Å². The van der Waals surface area contributed by atoms with Crippen LogP contribution in [0.4, 0.5) is 0 Å². The van der Waals surface area contributed by atoms with Gasteiger partial charge in [0.2, 0.25) is 0 Å². The maximum Gasteiger partial charge on any atom is 0.337 e. The van der Waals surface area contributed by atoms with Gasteiger partial charge in [0, 0.05) is 16.9 Å². The fourth-order valence-electron chi connectivity index (χ4n) is 4.64. The molecule has 0 saturated heterocycles. The summed E-state index contributed by atoms with van der Waals surface area (Å²) in [5.41, 5.74) is 7.21. The molecule has 2 aliphatic rings. The first-order chi connectivity index (χ1) is 15.1. The van der Waals surface area contributed by atoms with Crippen LogP contribution < -0.4 is 0 Å². The number of nitrogens with zero attached hydrogens (tertiary/aromatic N) is 1. The van der Waals surface area contributed by atoms with Gasteiger partial charge in [-0.25, -0.2) is 4.79 Å². The summed E-state index contributed by atoms with van der Waals surface area (Å²) < 4.78 is 2.95. The highest BCUT2D eigenvalue weighted by Gasteiger charge is 2.20. The fraction of sp³-hybridized carbons (Fsp3) is 0.148. The van der Waals surface area contributed by atoms with Crippen LogP contribution in [0.2, 0.25) is 0 Å². The quantitative estimate of drug-likeness (QED) is 0.316. The molecule has 0 aliphatic heterocycles. The molecule has 2 aliphatic carbocycles. The molecule has 0 amide bonds. The van der Waals surface area contributed by atoms with Crippen LogP contribution in [0.3, 0.4) is 0 Å². The van der Waals surface area contributed by atoms with Crippen molar-refractivity contribution < 1.29 is 9.90 Å². The van der Waals surface area contributed by atoms with E-state index < -0.39 is 5.97 Å². The second-order valence-electron chi connectivity index (χ2n) is 7.94. The van der Waals surface area contributed by atoms with E-state index >= 15 is 0 Å². The van der Waals surface area contributed by atoms with Crippen molar-refractivity contribution in [2.45, 2.75) is 25.7 Å². The van der Waals surface area contributed by atoms with Gasteiger partial charge in [0.05, 0.1) is 11.1 Å². The minimum atomic E-state index is -0.885. The van der Waals surface area contributed by atoms with Crippen LogP contribution in [0.25, 0.3) is 21.9 Å². The third-order valence-electron chi connectivity index (χ3n) is 6.14. The zero-order valence-electron chi connectivity index (χ0n) is 17.0. The second kappa shape index (κ2) is 8.20. The van der Waals surface area contributed by atoms with E-state index in [0.717, 1.165) is 5.52 Å². The number of aromatic nitrogens is 1. The molecule has 0 saturated carbocycles. The average Bonchev–Trinajstić information content (AvgIpc) is 3.24. The van der Waals surface area contributed by atoms with E-state index in [0.29, 0.717) is 5.56 Å². The number of halogens is 1. The zero-order chi connectivity index (χ0) is 21.4. The van der Waals surface area contributed by atoms with Crippen LogP contribution in [0, 0.1) is 0 Å². The number of carboxylic acids is 1. The molecule has 4 heteroatoms. The lowest BCUT2D eigenvalue weighted by atomic mass is 9.80. The van der Waals surface area contributed by atoms with E-state index in [1.54, 1.807) is 28.3 Å². The van der Waals surface area contributed by atoms with Gasteiger partial charge < -0.3 is 9.51 Å². The summed E-state index contributed by atoms with van der Waals surface area (Å²) >= 11 is 3.60. The molecule has 2 aromatic heterocycles. The predicted octanol–water partition coefficient (Wildman–Crippen LogP) is 7.29. The molecule has 6 rings (SSSR count). The first kappa shape index (κ1) is 19.8. The van der Waals surface area contributed by atoms with Gasteiger partial charge >= 0.3 is 5.97 Å². The van der Waals surface area contributed by atoms with E-state index in [9.17, 15) is 4.79 Å². The minimum absolute atomic E-state index is 0.343. The standard InChI is InChI=1S/C18H15Br.C9H7NO2/c19-14-8-5-13-7-9-16-15-4-2-1-3-12(15)6-10-17(16)18(13)11-14;11-9(12)7-4-6-10-5-2-1-3-8(7)10/h2,4-5,7-9,11H,1,3,6,10H2;1-6H,(H,11,12). The Morgan fingerprint density at radius 2 is 1.84 bits per heavy atom. The number of carboxylic acid groups (broad SMARTS) is 1. The van der Waals surface area contributed by atoms with Crippen molar-refractivity contribution in [3.8, 4) is 0 Å². The van der Waals surface area contributed by atoms with Crippen molar-refractivity contribution in [2.75, 3.05) is 0 Å². The monoisotopic (exact) mass is 471 g/mol. The van der Waals surface area contributed by atoms with Gasteiger partial charge in [-0.2, -0.15) is 0 Å². The summed E-state index contributed by atoms with van der Waals surface area (Å²) in [6.07, 6.45) is 13.1. The number of carbonyl (C=O) groups is 1. The molecule has 0 atom stereocenters. The van der Waals surface area contributed by atoms with Gasteiger partial charge in [-0.05, 0) is 83.5 Å². The molecule has 4 aromatic rings. The number of aromatic carboxylic acids is 1.